The molecule has 0 aromatic carbocycles. The summed E-state index contributed by atoms with van der Waals surface area (Å²) in [6.07, 6.45) is 1.51. The van der Waals surface area contributed by atoms with E-state index in [1.54, 1.807) is 22.0 Å². The van der Waals surface area contributed by atoms with Gasteiger partial charge < -0.3 is 9.64 Å². The first-order valence-corrected chi connectivity index (χ1v) is 7.27. The molecule has 6 nitrogen and oxygen atoms in total. The van der Waals surface area contributed by atoms with Gasteiger partial charge in [0, 0.05) is 18.1 Å². The fourth-order valence-electron chi connectivity index (χ4n) is 2.15. The quantitative estimate of drug-likeness (QED) is 0.837. The van der Waals surface area contributed by atoms with Crippen LogP contribution in [0.3, 0.4) is 0 Å². The van der Waals surface area contributed by atoms with Gasteiger partial charge in [-0.15, -0.1) is 11.3 Å². The van der Waals surface area contributed by atoms with E-state index in [2.05, 4.69) is 15.0 Å². The van der Waals surface area contributed by atoms with Gasteiger partial charge in [0.1, 0.15) is 17.6 Å². The highest BCUT2D eigenvalue weighted by molar-refractivity contribution is 7.07. The van der Waals surface area contributed by atoms with Crippen LogP contribution in [-0.2, 0) is 4.74 Å². The van der Waals surface area contributed by atoms with Crippen molar-refractivity contribution in [1.29, 1.82) is 0 Å². The van der Waals surface area contributed by atoms with Crippen LogP contribution in [0, 0.1) is 6.92 Å². The Hall–Kier alpha value is -1.86. The number of nitrogens with zero attached hydrogens (tertiary/aromatic N) is 4. The Bertz CT molecular complexity index is 602. The molecule has 0 N–H and O–H groups in total. The lowest BCUT2D eigenvalue weighted by atomic mass is 10.2. The van der Waals surface area contributed by atoms with Crippen LogP contribution in [0.15, 0.2) is 23.2 Å². The topological polar surface area (TPSA) is 68.2 Å². The average Bonchev–Trinajstić information content (AvgIpc) is 3.01. The molecule has 1 aliphatic heterocycles. The van der Waals surface area contributed by atoms with Crippen molar-refractivity contribution in [1.82, 2.24) is 19.9 Å². The van der Waals surface area contributed by atoms with E-state index >= 15 is 0 Å². The molecule has 1 atom stereocenters. The summed E-state index contributed by atoms with van der Waals surface area (Å²) < 4.78 is 5.71. The van der Waals surface area contributed by atoms with E-state index in [4.69, 9.17) is 4.74 Å². The predicted molar refractivity (Wildman–Crippen MR) is 73.5 cm³/mol. The number of rotatable bonds is 2. The molecule has 0 radical (unpaired) electrons. The maximum Gasteiger partial charge on any atom is 0.273 e. The lowest BCUT2D eigenvalue weighted by molar-refractivity contribution is -0.0250. The zero-order valence-electron chi connectivity index (χ0n) is 11.0. The molecule has 20 heavy (non-hydrogen) atoms. The molecular formula is C13H14N4O2S. The summed E-state index contributed by atoms with van der Waals surface area (Å²) in [5.74, 6) is 0.652. The van der Waals surface area contributed by atoms with Crippen molar-refractivity contribution in [2.45, 2.75) is 13.0 Å². The zero-order valence-corrected chi connectivity index (χ0v) is 11.8. The summed E-state index contributed by atoms with van der Waals surface area (Å²) in [5.41, 5.74) is 2.97. The molecule has 7 heteroatoms. The molecule has 0 spiro atoms. The molecular weight excluding hydrogens is 276 g/mol. The Kier molecular flexibility index (Phi) is 3.70. The minimum atomic E-state index is -0.201. The summed E-state index contributed by atoms with van der Waals surface area (Å²) in [6.45, 7) is 3.41. The highest BCUT2D eigenvalue weighted by Crippen LogP contribution is 2.21. The van der Waals surface area contributed by atoms with E-state index in [0.29, 0.717) is 31.2 Å². The summed E-state index contributed by atoms with van der Waals surface area (Å²) in [4.78, 5) is 26.6. The van der Waals surface area contributed by atoms with Gasteiger partial charge in [-0.3, -0.25) is 4.79 Å². The fraction of sp³-hybridized carbons (Fsp3) is 0.385. The molecule has 3 heterocycles. The van der Waals surface area contributed by atoms with E-state index in [1.807, 2.05) is 13.0 Å². The van der Waals surface area contributed by atoms with Gasteiger partial charge in [-0.05, 0) is 13.0 Å². The maximum absolute atomic E-state index is 12.3. The Labute approximate surface area is 120 Å². The number of morpholine rings is 1. The zero-order chi connectivity index (χ0) is 13.9. The van der Waals surface area contributed by atoms with Gasteiger partial charge in [-0.25, -0.2) is 15.0 Å². The lowest BCUT2D eigenvalue weighted by Gasteiger charge is -2.32. The van der Waals surface area contributed by atoms with Gasteiger partial charge in [-0.2, -0.15) is 0 Å². The van der Waals surface area contributed by atoms with Crippen LogP contribution < -0.4 is 0 Å². The van der Waals surface area contributed by atoms with Gasteiger partial charge in [-0.1, -0.05) is 0 Å². The second-order valence-electron chi connectivity index (χ2n) is 4.51. The lowest BCUT2D eigenvalue weighted by Crippen LogP contribution is -2.42. The number of carbonyl (C=O) groups is 1. The Morgan fingerprint density at radius 3 is 3.15 bits per heavy atom. The molecule has 0 bridgehead atoms. The third kappa shape index (κ3) is 2.68. The number of carbonyl (C=O) groups excluding carboxylic acids is 1. The summed E-state index contributed by atoms with van der Waals surface area (Å²) in [6, 6.07) is 1.83. The van der Waals surface area contributed by atoms with Crippen LogP contribution in [0.5, 0.6) is 0 Å². The second-order valence-corrected chi connectivity index (χ2v) is 5.23. The third-order valence-corrected chi connectivity index (χ3v) is 3.72. The molecule has 0 aliphatic carbocycles. The van der Waals surface area contributed by atoms with Gasteiger partial charge in [0.2, 0.25) is 0 Å². The number of ether oxygens (including phenoxy) is 1. The number of amides is 1. The Morgan fingerprint density at radius 1 is 1.50 bits per heavy atom. The molecule has 3 rings (SSSR count). The highest BCUT2D eigenvalue weighted by Gasteiger charge is 2.27. The van der Waals surface area contributed by atoms with Gasteiger partial charge >= 0.3 is 0 Å². The monoisotopic (exact) mass is 290 g/mol. The molecule has 1 amide bonds. The van der Waals surface area contributed by atoms with E-state index < -0.39 is 0 Å². The van der Waals surface area contributed by atoms with E-state index in [9.17, 15) is 4.79 Å². The third-order valence-electron chi connectivity index (χ3n) is 3.13. The van der Waals surface area contributed by atoms with Crippen molar-refractivity contribution in [2.24, 2.45) is 0 Å². The average molecular weight is 290 g/mol. The number of hydrogen-bond donors (Lipinski definition) is 0. The maximum atomic E-state index is 12.3. The molecule has 1 saturated heterocycles. The summed E-state index contributed by atoms with van der Waals surface area (Å²) in [5, 5.41) is 1.77. The molecule has 2 aromatic heterocycles. The van der Waals surface area contributed by atoms with Crippen LogP contribution in [0.4, 0.5) is 0 Å². The molecule has 0 saturated carbocycles. The standard InChI is InChI=1S/C13H14N4O2S/c1-9-14-3-2-10(16-9)12-6-17(4-5-19-12)13(18)11-7-20-8-15-11/h2-3,7-8,12H,4-6H2,1H3/t12-/m1/s1. The van der Waals surface area contributed by atoms with Crippen LogP contribution in [-0.4, -0.2) is 45.5 Å². The van der Waals surface area contributed by atoms with Crippen molar-refractivity contribution in [3.05, 3.63) is 40.4 Å². The van der Waals surface area contributed by atoms with E-state index in [1.165, 1.54) is 11.3 Å². The smallest absolute Gasteiger partial charge is 0.273 e. The van der Waals surface area contributed by atoms with Crippen molar-refractivity contribution < 1.29 is 9.53 Å². The van der Waals surface area contributed by atoms with E-state index in [0.717, 1.165) is 5.69 Å². The van der Waals surface area contributed by atoms with Crippen molar-refractivity contribution in [3.8, 4) is 0 Å². The Morgan fingerprint density at radius 2 is 2.40 bits per heavy atom. The van der Waals surface area contributed by atoms with Gasteiger partial charge in [0.25, 0.3) is 5.91 Å². The first-order valence-electron chi connectivity index (χ1n) is 6.32. The van der Waals surface area contributed by atoms with Crippen LogP contribution >= 0.6 is 11.3 Å². The first-order chi connectivity index (χ1) is 9.74. The number of hydrogen-bond acceptors (Lipinski definition) is 6. The number of aryl methyl sites for hydroxylation is 1. The number of thiazole rings is 1. The molecule has 2 aromatic rings. The van der Waals surface area contributed by atoms with Crippen LogP contribution in [0.25, 0.3) is 0 Å². The predicted octanol–water partition coefficient (Wildman–Crippen LogP) is 1.46. The molecule has 104 valence electrons. The van der Waals surface area contributed by atoms with Crippen molar-refractivity contribution in [2.75, 3.05) is 19.7 Å². The van der Waals surface area contributed by atoms with Crippen LogP contribution in [0.2, 0.25) is 0 Å². The molecule has 1 fully saturated rings. The van der Waals surface area contributed by atoms with Crippen molar-refractivity contribution in [3.63, 3.8) is 0 Å². The minimum absolute atomic E-state index is 0.0506. The van der Waals surface area contributed by atoms with E-state index in [-0.39, 0.29) is 12.0 Å². The molecule has 0 unspecified atom stereocenters. The minimum Gasteiger partial charge on any atom is -0.368 e. The first kappa shape index (κ1) is 13.1. The Balaban J connectivity index is 1.75. The SMILES string of the molecule is Cc1nccc([C@H]2CN(C(=O)c3cscn3)CCO2)n1. The van der Waals surface area contributed by atoms with Gasteiger partial charge in [0.15, 0.2) is 0 Å². The van der Waals surface area contributed by atoms with Crippen LogP contribution in [0.1, 0.15) is 28.1 Å². The summed E-state index contributed by atoms with van der Waals surface area (Å²) >= 11 is 1.42. The van der Waals surface area contributed by atoms with Crippen molar-refractivity contribution >= 4 is 17.2 Å². The number of aromatic nitrogens is 3. The normalized spacial score (nSPS) is 19.1. The highest BCUT2D eigenvalue weighted by atomic mass is 32.1. The van der Waals surface area contributed by atoms with Gasteiger partial charge in [0.05, 0.1) is 24.4 Å². The fourth-order valence-corrected chi connectivity index (χ4v) is 2.67. The molecule has 1 aliphatic rings. The second kappa shape index (κ2) is 5.64. The largest absolute Gasteiger partial charge is 0.368 e. The summed E-state index contributed by atoms with van der Waals surface area (Å²) in [7, 11) is 0.